The van der Waals surface area contributed by atoms with Gasteiger partial charge in [0.2, 0.25) is 5.82 Å². The number of carbonyl (C=O) groups excluding carboxylic acids is 1. The average molecular weight is 308 g/mol. The fraction of sp³-hybridized carbons (Fsp3) is 0.375. The highest BCUT2D eigenvalue weighted by atomic mass is 16.2. The van der Waals surface area contributed by atoms with Crippen molar-refractivity contribution in [2.45, 2.75) is 25.8 Å². The molecule has 0 aliphatic carbocycles. The highest BCUT2D eigenvalue weighted by Crippen LogP contribution is 2.30. The average Bonchev–Trinajstić information content (AvgIpc) is 3.21. The van der Waals surface area contributed by atoms with Gasteiger partial charge >= 0.3 is 0 Å². The molecule has 7 nitrogen and oxygen atoms in total. The molecule has 0 aromatic carbocycles. The number of rotatable bonds is 4. The molecule has 23 heavy (non-hydrogen) atoms. The third kappa shape index (κ3) is 2.69. The van der Waals surface area contributed by atoms with E-state index in [1.807, 2.05) is 10.6 Å². The lowest BCUT2D eigenvalue weighted by Crippen LogP contribution is -2.33. The normalized spacial score (nSPS) is 13.0. The summed E-state index contributed by atoms with van der Waals surface area (Å²) in [7, 11) is 0. The van der Waals surface area contributed by atoms with Gasteiger partial charge in [0, 0.05) is 17.8 Å². The molecule has 1 aliphatic rings. The van der Waals surface area contributed by atoms with Crippen LogP contribution in [0.25, 0.3) is 11.4 Å². The number of aromatic nitrogens is 5. The zero-order valence-electron chi connectivity index (χ0n) is 12.6. The first-order chi connectivity index (χ1) is 11.3. The van der Waals surface area contributed by atoms with Gasteiger partial charge in [0.05, 0.1) is 13.1 Å². The second kappa shape index (κ2) is 6.37. The summed E-state index contributed by atoms with van der Waals surface area (Å²) >= 11 is 0. The van der Waals surface area contributed by atoms with Gasteiger partial charge in [-0.3, -0.25) is 4.79 Å². The van der Waals surface area contributed by atoms with Crippen LogP contribution in [0.4, 0.5) is 0 Å². The number of amides is 1. The summed E-state index contributed by atoms with van der Waals surface area (Å²) in [5.74, 6) is 5.28. The Morgan fingerprint density at radius 3 is 2.78 bits per heavy atom. The maximum atomic E-state index is 12.8. The Morgan fingerprint density at radius 2 is 2.13 bits per heavy atom. The number of terminal acetylenes is 2. The molecule has 0 atom stereocenters. The Bertz CT molecular complexity index is 774. The van der Waals surface area contributed by atoms with E-state index in [0.29, 0.717) is 11.5 Å². The Morgan fingerprint density at radius 1 is 1.35 bits per heavy atom. The standard InChI is InChI=1S/C16H16N6O/c1-3-8-21(9-4-2)16(23)14-11-12(15-17-19-20-18-15)13-7-5-6-10-22(13)14/h1-2,11H,5-10H2,(H,17,18,19,20). The van der Waals surface area contributed by atoms with E-state index in [2.05, 4.69) is 32.5 Å². The van der Waals surface area contributed by atoms with Crippen LogP contribution in [0.3, 0.4) is 0 Å². The van der Waals surface area contributed by atoms with Gasteiger partial charge < -0.3 is 9.47 Å². The van der Waals surface area contributed by atoms with Crippen LogP contribution in [0, 0.1) is 24.7 Å². The molecular formula is C16H16N6O. The first-order valence-corrected chi connectivity index (χ1v) is 7.38. The lowest BCUT2D eigenvalue weighted by atomic mass is 10.1. The number of aromatic amines is 1. The highest BCUT2D eigenvalue weighted by Gasteiger charge is 2.26. The van der Waals surface area contributed by atoms with Gasteiger partial charge in [-0.05, 0) is 30.5 Å². The zero-order valence-corrected chi connectivity index (χ0v) is 12.6. The number of hydrogen-bond acceptors (Lipinski definition) is 4. The molecule has 1 amide bonds. The van der Waals surface area contributed by atoms with Gasteiger partial charge in [0.25, 0.3) is 5.91 Å². The molecule has 0 saturated heterocycles. The van der Waals surface area contributed by atoms with Gasteiger partial charge in [-0.15, -0.1) is 23.0 Å². The van der Waals surface area contributed by atoms with E-state index in [4.69, 9.17) is 12.8 Å². The first-order valence-electron chi connectivity index (χ1n) is 7.38. The third-order valence-corrected chi connectivity index (χ3v) is 3.91. The van der Waals surface area contributed by atoms with Gasteiger partial charge in [-0.25, -0.2) is 0 Å². The Balaban J connectivity index is 2.04. The van der Waals surface area contributed by atoms with Gasteiger partial charge in [0.15, 0.2) is 0 Å². The lowest BCUT2D eigenvalue weighted by molar-refractivity contribution is 0.0784. The molecule has 3 heterocycles. The summed E-state index contributed by atoms with van der Waals surface area (Å²) in [5.41, 5.74) is 2.47. The Kier molecular flexibility index (Phi) is 4.11. The number of nitrogens with zero attached hydrogens (tertiary/aromatic N) is 5. The van der Waals surface area contributed by atoms with Crippen molar-refractivity contribution in [3.63, 3.8) is 0 Å². The molecule has 0 radical (unpaired) electrons. The van der Waals surface area contributed by atoms with Crippen molar-refractivity contribution in [2.75, 3.05) is 13.1 Å². The van der Waals surface area contributed by atoms with Crippen molar-refractivity contribution in [2.24, 2.45) is 0 Å². The third-order valence-electron chi connectivity index (χ3n) is 3.91. The molecule has 2 aromatic heterocycles. The molecule has 116 valence electrons. The SMILES string of the molecule is C#CCN(CC#C)C(=O)c1cc(-c2nn[nH]n2)c2n1CCCC2. The van der Waals surface area contributed by atoms with Gasteiger partial charge in [-0.1, -0.05) is 11.8 Å². The van der Waals surface area contributed by atoms with Crippen LogP contribution >= 0.6 is 0 Å². The predicted molar refractivity (Wildman–Crippen MR) is 84.1 cm³/mol. The smallest absolute Gasteiger partial charge is 0.272 e. The van der Waals surface area contributed by atoms with Crippen molar-refractivity contribution >= 4 is 5.91 Å². The molecule has 2 aromatic rings. The number of nitrogens with one attached hydrogen (secondary N) is 1. The maximum absolute atomic E-state index is 12.8. The maximum Gasteiger partial charge on any atom is 0.272 e. The fourth-order valence-corrected chi connectivity index (χ4v) is 2.90. The van der Waals surface area contributed by atoms with E-state index in [-0.39, 0.29) is 19.0 Å². The summed E-state index contributed by atoms with van der Waals surface area (Å²) in [6.07, 6.45) is 13.7. The van der Waals surface area contributed by atoms with Crippen LogP contribution in [0.15, 0.2) is 6.07 Å². The van der Waals surface area contributed by atoms with Crippen LogP contribution < -0.4 is 0 Å². The second-order valence-electron chi connectivity index (χ2n) is 5.30. The van der Waals surface area contributed by atoms with Crippen LogP contribution in [-0.4, -0.2) is 49.1 Å². The Hall–Kier alpha value is -3.06. The van der Waals surface area contributed by atoms with Crippen LogP contribution in [0.5, 0.6) is 0 Å². The molecule has 0 unspecified atom stereocenters. The molecule has 0 spiro atoms. The van der Waals surface area contributed by atoms with Gasteiger partial charge in [-0.2, -0.15) is 5.21 Å². The number of tetrazole rings is 1. The van der Waals surface area contributed by atoms with Crippen molar-refractivity contribution in [1.29, 1.82) is 0 Å². The van der Waals surface area contributed by atoms with Crippen LogP contribution in [0.1, 0.15) is 29.0 Å². The van der Waals surface area contributed by atoms with Crippen molar-refractivity contribution in [1.82, 2.24) is 30.1 Å². The minimum Gasteiger partial charge on any atom is -0.340 e. The summed E-state index contributed by atoms with van der Waals surface area (Å²) < 4.78 is 2.03. The minimum atomic E-state index is -0.168. The molecule has 1 N–H and O–H groups in total. The number of fused-ring (bicyclic) bond motifs is 1. The fourth-order valence-electron chi connectivity index (χ4n) is 2.90. The van der Waals surface area contributed by atoms with Crippen molar-refractivity contribution in [3.8, 4) is 36.1 Å². The number of hydrogen-bond donors (Lipinski definition) is 1. The molecule has 0 saturated carbocycles. The topological polar surface area (TPSA) is 79.7 Å². The van der Waals surface area contributed by atoms with Crippen molar-refractivity contribution in [3.05, 3.63) is 17.5 Å². The van der Waals surface area contributed by atoms with E-state index in [0.717, 1.165) is 37.1 Å². The van der Waals surface area contributed by atoms with E-state index in [1.54, 1.807) is 0 Å². The van der Waals surface area contributed by atoms with Crippen LogP contribution in [-0.2, 0) is 13.0 Å². The monoisotopic (exact) mass is 308 g/mol. The molecular weight excluding hydrogens is 292 g/mol. The van der Waals surface area contributed by atoms with E-state index in [1.165, 1.54) is 4.90 Å². The highest BCUT2D eigenvalue weighted by molar-refractivity contribution is 5.95. The molecule has 7 heteroatoms. The molecule has 1 aliphatic heterocycles. The predicted octanol–water partition coefficient (Wildman–Crippen LogP) is 0.713. The summed E-state index contributed by atoms with van der Waals surface area (Å²) in [6, 6.07) is 1.81. The summed E-state index contributed by atoms with van der Waals surface area (Å²) in [4.78, 5) is 14.3. The molecule has 0 bridgehead atoms. The summed E-state index contributed by atoms with van der Waals surface area (Å²) in [6.45, 7) is 1.15. The second-order valence-corrected chi connectivity index (χ2v) is 5.30. The first kappa shape index (κ1) is 14.9. The lowest BCUT2D eigenvalue weighted by Gasteiger charge is -2.22. The number of carbonyl (C=O) groups is 1. The molecule has 3 rings (SSSR count). The number of H-pyrrole nitrogens is 1. The largest absolute Gasteiger partial charge is 0.340 e. The quantitative estimate of drug-likeness (QED) is 0.844. The van der Waals surface area contributed by atoms with E-state index in [9.17, 15) is 4.79 Å². The van der Waals surface area contributed by atoms with Gasteiger partial charge in [0.1, 0.15) is 5.69 Å². The van der Waals surface area contributed by atoms with Crippen LogP contribution in [0.2, 0.25) is 0 Å². The molecule has 0 fully saturated rings. The Labute approximate surface area is 134 Å². The van der Waals surface area contributed by atoms with Crippen molar-refractivity contribution < 1.29 is 4.79 Å². The van der Waals surface area contributed by atoms with E-state index >= 15 is 0 Å². The zero-order chi connectivity index (χ0) is 16.2. The summed E-state index contributed by atoms with van der Waals surface area (Å²) in [5, 5.41) is 14.1. The van der Waals surface area contributed by atoms with E-state index < -0.39 is 0 Å². The minimum absolute atomic E-state index is 0.168.